The Morgan fingerprint density at radius 3 is 2.87 bits per heavy atom. The molecule has 0 amide bonds. The standard InChI is InChI=1S/C11H12N2O.ClH/c1-8(13-14)11-10-5-3-2-4-9(10)6-7-12-11;/h2-5,14H,6-7H2,1H3;1H/b13-8+;. The van der Waals surface area contributed by atoms with E-state index in [4.69, 9.17) is 5.21 Å². The highest BCUT2D eigenvalue weighted by atomic mass is 35.5. The van der Waals surface area contributed by atoms with Gasteiger partial charge in [-0.2, -0.15) is 0 Å². The molecule has 1 aliphatic rings. The molecule has 2 rings (SSSR count). The number of oxime groups is 1. The number of fused-ring (bicyclic) bond motifs is 1. The van der Waals surface area contributed by atoms with E-state index in [9.17, 15) is 0 Å². The van der Waals surface area contributed by atoms with Crippen LogP contribution >= 0.6 is 12.4 Å². The molecule has 0 unspecified atom stereocenters. The van der Waals surface area contributed by atoms with E-state index in [1.807, 2.05) is 18.2 Å². The zero-order chi connectivity index (χ0) is 9.97. The maximum Gasteiger partial charge on any atom is 0.102 e. The molecular weight excluding hydrogens is 212 g/mol. The Labute approximate surface area is 94.9 Å². The molecule has 3 nitrogen and oxygen atoms in total. The molecule has 1 aromatic carbocycles. The number of nitrogens with zero attached hydrogens (tertiary/aromatic N) is 2. The minimum absolute atomic E-state index is 0. The van der Waals surface area contributed by atoms with Gasteiger partial charge in [-0.05, 0) is 18.9 Å². The molecule has 0 spiro atoms. The van der Waals surface area contributed by atoms with E-state index in [2.05, 4.69) is 16.2 Å². The van der Waals surface area contributed by atoms with Gasteiger partial charge >= 0.3 is 0 Å². The number of aliphatic imine (C=N–C) groups is 1. The number of rotatable bonds is 1. The number of hydrogen-bond acceptors (Lipinski definition) is 3. The van der Waals surface area contributed by atoms with Gasteiger partial charge in [0.1, 0.15) is 5.71 Å². The van der Waals surface area contributed by atoms with Crippen molar-refractivity contribution in [3.8, 4) is 0 Å². The summed E-state index contributed by atoms with van der Waals surface area (Å²) in [5.41, 5.74) is 3.76. The van der Waals surface area contributed by atoms with Crippen molar-refractivity contribution in [2.45, 2.75) is 13.3 Å². The highest BCUT2D eigenvalue weighted by Gasteiger charge is 2.15. The molecule has 0 bridgehead atoms. The van der Waals surface area contributed by atoms with Crippen LogP contribution in [0.5, 0.6) is 0 Å². The first-order valence-corrected chi connectivity index (χ1v) is 4.64. The average molecular weight is 225 g/mol. The molecule has 0 aliphatic carbocycles. The summed E-state index contributed by atoms with van der Waals surface area (Å²) in [5.74, 6) is 0. The number of hydrogen-bond donors (Lipinski definition) is 1. The third-order valence-corrected chi connectivity index (χ3v) is 2.42. The summed E-state index contributed by atoms with van der Waals surface area (Å²) >= 11 is 0. The molecule has 0 saturated carbocycles. The highest BCUT2D eigenvalue weighted by molar-refractivity contribution is 6.48. The van der Waals surface area contributed by atoms with Gasteiger partial charge in [-0.3, -0.25) is 4.99 Å². The Morgan fingerprint density at radius 2 is 2.13 bits per heavy atom. The molecule has 0 saturated heterocycles. The molecule has 1 N–H and O–H groups in total. The topological polar surface area (TPSA) is 45.0 Å². The third-order valence-electron chi connectivity index (χ3n) is 2.42. The van der Waals surface area contributed by atoms with E-state index in [1.165, 1.54) is 5.56 Å². The van der Waals surface area contributed by atoms with Gasteiger partial charge in [0.15, 0.2) is 0 Å². The van der Waals surface area contributed by atoms with Crippen LogP contribution in [-0.4, -0.2) is 23.2 Å². The first-order valence-electron chi connectivity index (χ1n) is 4.64. The molecule has 80 valence electrons. The van der Waals surface area contributed by atoms with E-state index in [-0.39, 0.29) is 12.4 Å². The van der Waals surface area contributed by atoms with Crippen LogP contribution in [-0.2, 0) is 6.42 Å². The first kappa shape index (κ1) is 11.7. The average Bonchev–Trinajstić information content (AvgIpc) is 2.27. The van der Waals surface area contributed by atoms with E-state index in [0.717, 1.165) is 24.2 Å². The van der Waals surface area contributed by atoms with Crippen LogP contribution in [0.25, 0.3) is 0 Å². The van der Waals surface area contributed by atoms with Crippen molar-refractivity contribution in [3.05, 3.63) is 35.4 Å². The first-order chi connectivity index (χ1) is 6.83. The van der Waals surface area contributed by atoms with E-state index in [1.54, 1.807) is 6.92 Å². The zero-order valence-corrected chi connectivity index (χ0v) is 9.29. The van der Waals surface area contributed by atoms with Crippen LogP contribution < -0.4 is 0 Å². The summed E-state index contributed by atoms with van der Waals surface area (Å²) in [6.45, 7) is 2.54. The Bertz CT molecular complexity index is 413. The van der Waals surface area contributed by atoms with Crippen LogP contribution in [0.3, 0.4) is 0 Å². The third kappa shape index (κ3) is 2.18. The minimum Gasteiger partial charge on any atom is -0.411 e. The Morgan fingerprint density at radius 1 is 1.40 bits per heavy atom. The van der Waals surface area contributed by atoms with Gasteiger partial charge in [0.2, 0.25) is 0 Å². The summed E-state index contributed by atoms with van der Waals surface area (Å²) < 4.78 is 0. The van der Waals surface area contributed by atoms with Gasteiger partial charge in [0.25, 0.3) is 0 Å². The fourth-order valence-electron chi connectivity index (χ4n) is 1.70. The Kier molecular flexibility index (Phi) is 3.86. The van der Waals surface area contributed by atoms with Crippen molar-refractivity contribution < 1.29 is 5.21 Å². The zero-order valence-electron chi connectivity index (χ0n) is 8.47. The van der Waals surface area contributed by atoms with Gasteiger partial charge in [0.05, 0.1) is 5.71 Å². The SMILES string of the molecule is C/C(=N\O)C1=NCCc2ccccc21.Cl. The Balaban J connectivity index is 0.00000112. The van der Waals surface area contributed by atoms with Crippen LogP contribution in [0.1, 0.15) is 18.1 Å². The lowest BCUT2D eigenvalue weighted by Crippen LogP contribution is -2.19. The molecule has 0 atom stereocenters. The molecule has 15 heavy (non-hydrogen) atoms. The van der Waals surface area contributed by atoms with Gasteiger partial charge in [0, 0.05) is 12.1 Å². The number of halogens is 1. The second kappa shape index (κ2) is 4.94. The monoisotopic (exact) mass is 224 g/mol. The van der Waals surface area contributed by atoms with Crippen LogP contribution in [0.4, 0.5) is 0 Å². The highest BCUT2D eigenvalue weighted by Crippen LogP contribution is 2.16. The van der Waals surface area contributed by atoms with Crippen molar-refractivity contribution >= 4 is 23.8 Å². The predicted octanol–water partition coefficient (Wildman–Crippen LogP) is 2.30. The quantitative estimate of drug-likeness (QED) is 0.444. The van der Waals surface area contributed by atoms with Gasteiger partial charge in [-0.25, -0.2) is 0 Å². The molecule has 4 heteroatoms. The maximum absolute atomic E-state index is 8.72. The van der Waals surface area contributed by atoms with Crippen molar-refractivity contribution in [2.24, 2.45) is 10.1 Å². The lowest BCUT2D eigenvalue weighted by molar-refractivity contribution is 0.320. The minimum atomic E-state index is 0. The van der Waals surface area contributed by atoms with Crippen molar-refractivity contribution in [3.63, 3.8) is 0 Å². The summed E-state index contributed by atoms with van der Waals surface area (Å²) in [6.07, 6.45) is 0.971. The lowest BCUT2D eigenvalue weighted by Gasteiger charge is -2.15. The molecular formula is C11H13ClN2O. The second-order valence-electron chi connectivity index (χ2n) is 3.32. The summed E-state index contributed by atoms with van der Waals surface area (Å²) in [4.78, 5) is 4.37. The molecule has 1 heterocycles. The number of benzene rings is 1. The largest absolute Gasteiger partial charge is 0.411 e. The second-order valence-corrected chi connectivity index (χ2v) is 3.32. The molecule has 1 aliphatic heterocycles. The van der Waals surface area contributed by atoms with Gasteiger partial charge in [-0.15, -0.1) is 12.4 Å². The molecule has 1 aromatic rings. The lowest BCUT2D eigenvalue weighted by atomic mass is 9.96. The van der Waals surface area contributed by atoms with Crippen LogP contribution in [0, 0.1) is 0 Å². The van der Waals surface area contributed by atoms with E-state index >= 15 is 0 Å². The maximum atomic E-state index is 8.72. The van der Waals surface area contributed by atoms with Crippen molar-refractivity contribution in [2.75, 3.05) is 6.54 Å². The smallest absolute Gasteiger partial charge is 0.102 e. The summed E-state index contributed by atoms with van der Waals surface area (Å²) in [6, 6.07) is 8.11. The van der Waals surface area contributed by atoms with Crippen molar-refractivity contribution in [1.29, 1.82) is 0 Å². The summed E-state index contributed by atoms with van der Waals surface area (Å²) in [7, 11) is 0. The van der Waals surface area contributed by atoms with Crippen LogP contribution in [0.2, 0.25) is 0 Å². The Hall–Kier alpha value is -1.35. The normalized spacial score (nSPS) is 15.0. The molecule has 0 aromatic heterocycles. The summed E-state index contributed by atoms with van der Waals surface area (Å²) in [5, 5.41) is 11.9. The van der Waals surface area contributed by atoms with Gasteiger partial charge in [-0.1, -0.05) is 29.4 Å². The fraction of sp³-hybridized carbons (Fsp3) is 0.273. The fourth-order valence-corrected chi connectivity index (χ4v) is 1.70. The van der Waals surface area contributed by atoms with Crippen molar-refractivity contribution in [1.82, 2.24) is 0 Å². The molecule has 0 fully saturated rings. The van der Waals surface area contributed by atoms with Crippen LogP contribution in [0.15, 0.2) is 34.4 Å². The predicted molar refractivity (Wildman–Crippen MR) is 63.7 cm³/mol. The molecule has 0 radical (unpaired) electrons. The van der Waals surface area contributed by atoms with E-state index < -0.39 is 0 Å². The van der Waals surface area contributed by atoms with Gasteiger partial charge < -0.3 is 5.21 Å². The van der Waals surface area contributed by atoms with E-state index in [0.29, 0.717) is 5.71 Å².